The van der Waals surface area contributed by atoms with Crippen molar-refractivity contribution in [1.82, 2.24) is 4.98 Å². The van der Waals surface area contributed by atoms with Crippen molar-refractivity contribution in [2.24, 2.45) is 0 Å². The molecule has 1 aromatic heterocycles. The van der Waals surface area contributed by atoms with Crippen LogP contribution in [0.3, 0.4) is 0 Å². The summed E-state index contributed by atoms with van der Waals surface area (Å²) in [6.07, 6.45) is 1.45. The minimum absolute atomic E-state index is 0.00202. The van der Waals surface area contributed by atoms with Crippen LogP contribution in [0.25, 0.3) is 16.5 Å². The van der Waals surface area contributed by atoms with Crippen LogP contribution in [0, 0.1) is 5.41 Å². The standard InChI is InChI=1S/C14H12N2O3/c15-13-8-4-1-2-5-9(8)16-14(19-13)12-10(17)6-3-7-11(12)18/h1-2,4-5,15,17H,3,6-7H2. The normalized spacial score (nSPS) is 16.1. The molecule has 96 valence electrons. The van der Waals surface area contributed by atoms with Crippen LogP contribution in [0.1, 0.15) is 25.2 Å². The van der Waals surface area contributed by atoms with E-state index in [2.05, 4.69) is 4.98 Å². The van der Waals surface area contributed by atoms with Crippen molar-refractivity contribution in [2.45, 2.75) is 19.3 Å². The Hall–Kier alpha value is -2.43. The fourth-order valence-corrected chi connectivity index (χ4v) is 2.22. The van der Waals surface area contributed by atoms with Gasteiger partial charge >= 0.3 is 0 Å². The second kappa shape index (κ2) is 4.35. The van der Waals surface area contributed by atoms with Crippen molar-refractivity contribution in [3.8, 4) is 0 Å². The van der Waals surface area contributed by atoms with Crippen molar-refractivity contribution in [3.05, 3.63) is 41.5 Å². The van der Waals surface area contributed by atoms with Gasteiger partial charge in [-0.2, -0.15) is 0 Å². The van der Waals surface area contributed by atoms with Gasteiger partial charge in [0, 0.05) is 12.8 Å². The van der Waals surface area contributed by atoms with Crippen molar-refractivity contribution >= 4 is 22.3 Å². The molecule has 0 saturated heterocycles. The zero-order chi connectivity index (χ0) is 13.4. The zero-order valence-electron chi connectivity index (χ0n) is 10.1. The van der Waals surface area contributed by atoms with Crippen LogP contribution in [-0.4, -0.2) is 15.9 Å². The summed E-state index contributed by atoms with van der Waals surface area (Å²) in [4.78, 5) is 16.1. The second-order valence-corrected chi connectivity index (χ2v) is 4.46. The molecule has 0 aliphatic heterocycles. The first-order valence-electron chi connectivity index (χ1n) is 6.07. The predicted molar refractivity (Wildman–Crippen MR) is 68.3 cm³/mol. The number of ketones is 1. The molecule has 0 unspecified atom stereocenters. The number of Topliss-reactive ketones (excluding diaryl/α,β-unsaturated/α-hetero) is 1. The molecule has 19 heavy (non-hydrogen) atoms. The molecule has 0 radical (unpaired) electrons. The highest BCUT2D eigenvalue weighted by molar-refractivity contribution is 6.20. The number of nitrogens with zero attached hydrogens (tertiary/aromatic N) is 1. The molecule has 2 aromatic rings. The van der Waals surface area contributed by atoms with E-state index in [1.165, 1.54) is 0 Å². The molecule has 2 N–H and O–H groups in total. The number of nitrogens with one attached hydrogen (secondary N) is 1. The third kappa shape index (κ3) is 1.93. The molecule has 5 heteroatoms. The van der Waals surface area contributed by atoms with E-state index < -0.39 is 0 Å². The Bertz CT molecular complexity index is 759. The number of rotatable bonds is 1. The van der Waals surface area contributed by atoms with Crippen LogP contribution in [-0.2, 0) is 4.79 Å². The van der Waals surface area contributed by atoms with E-state index in [9.17, 15) is 9.90 Å². The molecule has 0 spiro atoms. The molecular formula is C14H12N2O3. The number of benzene rings is 1. The lowest BCUT2D eigenvalue weighted by atomic mass is 9.96. The Morgan fingerprint density at radius 2 is 2.05 bits per heavy atom. The first kappa shape index (κ1) is 11.6. The van der Waals surface area contributed by atoms with E-state index in [0.717, 1.165) is 0 Å². The van der Waals surface area contributed by atoms with E-state index in [-0.39, 0.29) is 28.6 Å². The molecule has 5 nitrogen and oxygen atoms in total. The number of aliphatic hydroxyl groups is 1. The Morgan fingerprint density at radius 3 is 2.84 bits per heavy atom. The SMILES string of the molecule is N=c1oc(C2=C(O)CCCC2=O)nc2ccccc12. The summed E-state index contributed by atoms with van der Waals surface area (Å²) in [5.41, 5.74) is 0.636. The lowest BCUT2D eigenvalue weighted by Crippen LogP contribution is -2.14. The van der Waals surface area contributed by atoms with Crippen LogP contribution in [0.2, 0.25) is 0 Å². The molecule has 1 aliphatic carbocycles. The van der Waals surface area contributed by atoms with Gasteiger partial charge in [0.25, 0.3) is 0 Å². The van der Waals surface area contributed by atoms with E-state index in [1.54, 1.807) is 24.3 Å². The van der Waals surface area contributed by atoms with Gasteiger partial charge in [-0.25, -0.2) is 4.98 Å². The van der Waals surface area contributed by atoms with Crippen LogP contribution >= 0.6 is 0 Å². The summed E-state index contributed by atoms with van der Waals surface area (Å²) in [5.74, 6) is -0.150. The summed E-state index contributed by atoms with van der Waals surface area (Å²) in [7, 11) is 0. The average Bonchev–Trinajstić information content (AvgIpc) is 2.38. The maximum Gasteiger partial charge on any atom is 0.236 e. The minimum Gasteiger partial charge on any atom is -0.511 e. The number of aliphatic hydroxyl groups excluding tert-OH is 1. The van der Waals surface area contributed by atoms with Gasteiger partial charge in [0.2, 0.25) is 11.4 Å². The molecule has 1 heterocycles. The maximum atomic E-state index is 11.9. The molecule has 1 aliphatic rings. The fraction of sp³-hybridized carbons (Fsp3) is 0.214. The van der Waals surface area contributed by atoms with Gasteiger partial charge in [0.1, 0.15) is 11.3 Å². The number of fused-ring (bicyclic) bond motifs is 1. The zero-order valence-corrected chi connectivity index (χ0v) is 10.1. The molecular weight excluding hydrogens is 244 g/mol. The lowest BCUT2D eigenvalue weighted by Gasteiger charge is -2.13. The first-order valence-corrected chi connectivity index (χ1v) is 6.07. The topological polar surface area (TPSA) is 87.2 Å². The Morgan fingerprint density at radius 1 is 1.26 bits per heavy atom. The molecule has 1 aromatic carbocycles. The summed E-state index contributed by atoms with van der Waals surface area (Å²) in [6.45, 7) is 0. The van der Waals surface area contributed by atoms with Crippen molar-refractivity contribution in [2.75, 3.05) is 0 Å². The minimum atomic E-state index is -0.185. The number of carbonyl (C=O) groups excluding carboxylic acids is 1. The van der Waals surface area contributed by atoms with Gasteiger partial charge in [0.05, 0.1) is 10.9 Å². The Labute approximate surface area is 108 Å². The second-order valence-electron chi connectivity index (χ2n) is 4.46. The summed E-state index contributed by atoms with van der Waals surface area (Å²) in [6, 6.07) is 7.07. The Balaban J connectivity index is 2.27. The van der Waals surface area contributed by atoms with Crippen LogP contribution in [0.5, 0.6) is 0 Å². The van der Waals surface area contributed by atoms with E-state index >= 15 is 0 Å². The number of aromatic nitrogens is 1. The fourth-order valence-electron chi connectivity index (χ4n) is 2.22. The molecule has 0 amide bonds. The molecule has 0 bridgehead atoms. The number of hydrogen-bond acceptors (Lipinski definition) is 5. The van der Waals surface area contributed by atoms with E-state index in [1.807, 2.05) is 0 Å². The first-order chi connectivity index (χ1) is 9.16. The van der Waals surface area contributed by atoms with Crippen molar-refractivity contribution < 1.29 is 14.3 Å². The molecule has 0 atom stereocenters. The van der Waals surface area contributed by atoms with Gasteiger partial charge < -0.3 is 9.52 Å². The lowest BCUT2D eigenvalue weighted by molar-refractivity contribution is -0.114. The summed E-state index contributed by atoms with van der Waals surface area (Å²) >= 11 is 0. The van der Waals surface area contributed by atoms with Crippen molar-refractivity contribution in [1.29, 1.82) is 5.41 Å². The molecule has 0 saturated carbocycles. The maximum absolute atomic E-state index is 11.9. The van der Waals surface area contributed by atoms with Crippen LogP contribution in [0.15, 0.2) is 34.4 Å². The summed E-state index contributed by atoms with van der Waals surface area (Å²) < 4.78 is 5.29. The third-order valence-electron chi connectivity index (χ3n) is 3.17. The van der Waals surface area contributed by atoms with Crippen LogP contribution in [0.4, 0.5) is 0 Å². The third-order valence-corrected chi connectivity index (χ3v) is 3.17. The van der Waals surface area contributed by atoms with Gasteiger partial charge in [-0.15, -0.1) is 0 Å². The van der Waals surface area contributed by atoms with Crippen LogP contribution < -0.4 is 5.55 Å². The van der Waals surface area contributed by atoms with Gasteiger partial charge in [0.15, 0.2) is 5.78 Å². The predicted octanol–water partition coefficient (Wildman–Crippen LogP) is 2.33. The molecule has 3 rings (SSSR count). The Kier molecular flexibility index (Phi) is 2.67. The van der Waals surface area contributed by atoms with Gasteiger partial charge in [-0.05, 0) is 18.6 Å². The number of para-hydroxylation sites is 1. The highest BCUT2D eigenvalue weighted by Crippen LogP contribution is 2.27. The largest absolute Gasteiger partial charge is 0.511 e. The highest BCUT2D eigenvalue weighted by Gasteiger charge is 2.25. The number of hydrogen-bond donors (Lipinski definition) is 2. The van der Waals surface area contributed by atoms with E-state index in [0.29, 0.717) is 30.2 Å². The summed E-state index contributed by atoms with van der Waals surface area (Å²) in [5, 5.41) is 18.3. The number of allylic oxidation sites excluding steroid dienone is 2. The molecule has 0 fully saturated rings. The quantitative estimate of drug-likeness (QED) is 0.819. The van der Waals surface area contributed by atoms with Gasteiger partial charge in [-0.1, -0.05) is 12.1 Å². The monoisotopic (exact) mass is 256 g/mol. The van der Waals surface area contributed by atoms with Crippen molar-refractivity contribution in [3.63, 3.8) is 0 Å². The van der Waals surface area contributed by atoms with Gasteiger partial charge in [-0.3, -0.25) is 10.2 Å². The number of carbonyl (C=O) groups is 1. The smallest absolute Gasteiger partial charge is 0.236 e. The average molecular weight is 256 g/mol. The van der Waals surface area contributed by atoms with E-state index in [4.69, 9.17) is 9.83 Å². The highest BCUT2D eigenvalue weighted by atomic mass is 16.3.